The third kappa shape index (κ3) is 7.51. The molecular formula is C33H40N4O3. The smallest absolute Gasteiger partial charge is 0.289 e. The fraction of sp³-hybridized carbons (Fsp3) is 0.333. The van der Waals surface area contributed by atoms with Crippen LogP contribution in [0.15, 0.2) is 89.5 Å². The normalized spacial score (nSPS) is 11.1. The first-order valence-corrected chi connectivity index (χ1v) is 13.9. The summed E-state index contributed by atoms with van der Waals surface area (Å²) in [5.41, 5.74) is 3.80. The van der Waals surface area contributed by atoms with Gasteiger partial charge in [-0.2, -0.15) is 0 Å². The van der Waals surface area contributed by atoms with Gasteiger partial charge in [-0.05, 0) is 68.9 Å². The summed E-state index contributed by atoms with van der Waals surface area (Å²) in [6, 6.07) is 25.4. The van der Waals surface area contributed by atoms with Gasteiger partial charge in [0.2, 0.25) is 0 Å². The van der Waals surface area contributed by atoms with Gasteiger partial charge in [0.15, 0.2) is 5.76 Å². The Kier molecular flexibility index (Phi) is 9.97. The summed E-state index contributed by atoms with van der Waals surface area (Å²) in [4.78, 5) is 32.6. The van der Waals surface area contributed by atoms with Crippen molar-refractivity contribution in [1.29, 1.82) is 0 Å². The topological polar surface area (TPSA) is 61.9 Å². The molecule has 0 unspecified atom stereocenters. The maximum absolute atomic E-state index is 13.5. The minimum Gasteiger partial charge on any atom is -0.454 e. The monoisotopic (exact) mass is 540 g/mol. The van der Waals surface area contributed by atoms with E-state index in [0.717, 1.165) is 35.3 Å². The number of amides is 2. The summed E-state index contributed by atoms with van der Waals surface area (Å²) in [6.45, 7) is 7.57. The summed E-state index contributed by atoms with van der Waals surface area (Å²) in [5, 5.41) is 0. The van der Waals surface area contributed by atoms with Crippen LogP contribution < -0.4 is 0 Å². The first-order valence-electron chi connectivity index (χ1n) is 13.9. The van der Waals surface area contributed by atoms with Crippen molar-refractivity contribution in [2.75, 3.05) is 33.7 Å². The average Bonchev–Trinajstić information content (AvgIpc) is 3.60. The molecule has 0 saturated heterocycles. The predicted octanol–water partition coefficient (Wildman–Crippen LogP) is 5.69. The minimum atomic E-state index is -0.123. The van der Waals surface area contributed by atoms with Gasteiger partial charge in [-0.3, -0.25) is 9.59 Å². The largest absolute Gasteiger partial charge is 0.454 e. The highest BCUT2D eigenvalue weighted by atomic mass is 16.4. The molecular weight excluding hydrogens is 500 g/mol. The quantitative estimate of drug-likeness (QED) is 0.218. The van der Waals surface area contributed by atoms with Crippen molar-refractivity contribution in [2.24, 2.45) is 0 Å². The van der Waals surface area contributed by atoms with Crippen molar-refractivity contribution in [3.63, 3.8) is 0 Å². The Hall–Kier alpha value is -4.10. The SMILES string of the molecule is CCCN(Cc1cccn1Cc1ccc(C(=O)N(CCN(C)C)Cc2ccccc2)o1)C(=O)c1ccccc1C. The van der Waals surface area contributed by atoms with Gasteiger partial charge in [0.05, 0.1) is 13.1 Å². The molecule has 0 spiro atoms. The molecule has 4 rings (SSSR count). The number of hydrogen-bond donors (Lipinski definition) is 0. The van der Waals surface area contributed by atoms with Crippen molar-refractivity contribution in [3.05, 3.63) is 119 Å². The molecule has 0 aliphatic heterocycles. The minimum absolute atomic E-state index is 0.0369. The van der Waals surface area contributed by atoms with Gasteiger partial charge in [0.25, 0.3) is 11.8 Å². The lowest BCUT2D eigenvalue weighted by atomic mass is 10.1. The predicted molar refractivity (Wildman–Crippen MR) is 158 cm³/mol. The Morgan fingerprint density at radius 2 is 1.50 bits per heavy atom. The van der Waals surface area contributed by atoms with Crippen LogP contribution in [0.4, 0.5) is 0 Å². The molecule has 0 radical (unpaired) electrons. The van der Waals surface area contributed by atoms with Crippen LogP contribution in [0.3, 0.4) is 0 Å². The van der Waals surface area contributed by atoms with Crippen LogP contribution in [0.1, 0.15) is 56.8 Å². The molecule has 210 valence electrons. The summed E-state index contributed by atoms with van der Waals surface area (Å²) in [5.74, 6) is 0.943. The van der Waals surface area contributed by atoms with E-state index in [2.05, 4.69) is 16.4 Å². The first kappa shape index (κ1) is 28.9. The molecule has 40 heavy (non-hydrogen) atoms. The lowest BCUT2D eigenvalue weighted by Gasteiger charge is -2.24. The Morgan fingerprint density at radius 1 is 0.775 bits per heavy atom. The van der Waals surface area contributed by atoms with Crippen molar-refractivity contribution < 1.29 is 14.0 Å². The molecule has 0 aliphatic carbocycles. The molecule has 7 heteroatoms. The molecule has 2 heterocycles. The van der Waals surface area contributed by atoms with Gasteiger partial charge < -0.3 is 23.7 Å². The van der Waals surface area contributed by atoms with E-state index in [9.17, 15) is 9.59 Å². The fourth-order valence-corrected chi connectivity index (χ4v) is 4.73. The van der Waals surface area contributed by atoms with E-state index in [1.807, 2.05) is 110 Å². The first-order chi connectivity index (χ1) is 19.4. The highest BCUT2D eigenvalue weighted by Gasteiger charge is 2.21. The lowest BCUT2D eigenvalue weighted by Crippen LogP contribution is -2.36. The third-order valence-electron chi connectivity index (χ3n) is 6.95. The molecule has 0 N–H and O–H groups in total. The zero-order chi connectivity index (χ0) is 28.5. The van der Waals surface area contributed by atoms with Crippen LogP contribution in [0, 0.1) is 6.92 Å². The molecule has 7 nitrogen and oxygen atoms in total. The second kappa shape index (κ2) is 13.8. The van der Waals surface area contributed by atoms with Crippen LogP contribution in [0.5, 0.6) is 0 Å². The van der Waals surface area contributed by atoms with Crippen LogP contribution in [-0.4, -0.2) is 64.8 Å². The molecule has 2 aromatic heterocycles. The van der Waals surface area contributed by atoms with Gasteiger partial charge in [0.1, 0.15) is 5.76 Å². The average molecular weight is 541 g/mol. The number of carbonyl (C=O) groups is 2. The molecule has 0 atom stereocenters. The number of carbonyl (C=O) groups excluding carboxylic acids is 2. The van der Waals surface area contributed by atoms with Gasteiger partial charge in [-0.25, -0.2) is 0 Å². The Labute approximate surface area is 237 Å². The summed E-state index contributed by atoms with van der Waals surface area (Å²) >= 11 is 0. The zero-order valence-electron chi connectivity index (χ0n) is 24.0. The van der Waals surface area contributed by atoms with Crippen molar-refractivity contribution in [3.8, 4) is 0 Å². The third-order valence-corrected chi connectivity index (χ3v) is 6.95. The number of furan rings is 1. The summed E-state index contributed by atoms with van der Waals surface area (Å²) in [7, 11) is 4.00. The van der Waals surface area contributed by atoms with E-state index in [-0.39, 0.29) is 11.8 Å². The van der Waals surface area contributed by atoms with Gasteiger partial charge in [-0.15, -0.1) is 0 Å². The molecule has 0 saturated carbocycles. The van der Waals surface area contributed by atoms with Crippen LogP contribution >= 0.6 is 0 Å². The highest BCUT2D eigenvalue weighted by Crippen LogP contribution is 2.18. The molecule has 0 bridgehead atoms. The van der Waals surface area contributed by atoms with E-state index in [1.165, 1.54) is 0 Å². The molecule has 0 aliphatic rings. The van der Waals surface area contributed by atoms with Crippen molar-refractivity contribution in [1.82, 2.24) is 19.3 Å². The Balaban J connectivity index is 1.47. The summed E-state index contributed by atoms with van der Waals surface area (Å²) < 4.78 is 8.16. The lowest BCUT2D eigenvalue weighted by molar-refractivity contribution is 0.0696. The number of hydrogen-bond acceptors (Lipinski definition) is 4. The van der Waals surface area contributed by atoms with E-state index in [0.29, 0.717) is 44.2 Å². The number of aromatic nitrogens is 1. The maximum atomic E-state index is 13.5. The highest BCUT2D eigenvalue weighted by molar-refractivity contribution is 5.95. The van der Waals surface area contributed by atoms with Crippen LogP contribution in [-0.2, 0) is 19.6 Å². The zero-order valence-corrected chi connectivity index (χ0v) is 24.0. The number of rotatable bonds is 13. The van der Waals surface area contributed by atoms with Gasteiger partial charge >= 0.3 is 0 Å². The standard InChI is InChI=1S/C33H40N4O3/c1-5-19-36(32(38)30-16-10-9-12-26(30)2)24-28-15-11-20-35(28)25-29-17-18-31(40-29)33(39)37(22-21-34(3)4)23-27-13-7-6-8-14-27/h6-18,20H,5,19,21-25H2,1-4H3. The van der Waals surface area contributed by atoms with E-state index in [4.69, 9.17) is 4.42 Å². The number of likely N-dealkylation sites (N-methyl/N-ethyl adjacent to an activating group) is 1. The summed E-state index contributed by atoms with van der Waals surface area (Å²) in [6.07, 6.45) is 2.86. The molecule has 4 aromatic rings. The van der Waals surface area contributed by atoms with Gasteiger partial charge in [0, 0.05) is 43.6 Å². The maximum Gasteiger partial charge on any atom is 0.289 e. The van der Waals surface area contributed by atoms with Crippen molar-refractivity contribution >= 4 is 11.8 Å². The number of nitrogens with zero attached hydrogens (tertiary/aromatic N) is 4. The Morgan fingerprint density at radius 3 is 2.23 bits per heavy atom. The molecule has 2 amide bonds. The van der Waals surface area contributed by atoms with E-state index in [1.54, 1.807) is 6.07 Å². The second-order valence-electron chi connectivity index (χ2n) is 10.5. The van der Waals surface area contributed by atoms with Gasteiger partial charge in [-0.1, -0.05) is 55.5 Å². The Bertz CT molecular complexity index is 1390. The molecule has 2 aromatic carbocycles. The number of aryl methyl sites for hydroxylation is 1. The van der Waals surface area contributed by atoms with Crippen LogP contribution in [0.25, 0.3) is 0 Å². The second-order valence-corrected chi connectivity index (χ2v) is 10.5. The molecule has 0 fully saturated rings. The van der Waals surface area contributed by atoms with E-state index < -0.39 is 0 Å². The van der Waals surface area contributed by atoms with E-state index >= 15 is 0 Å². The van der Waals surface area contributed by atoms with Crippen LogP contribution in [0.2, 0.25) is 0 Å². The number of benzene rings is 2. The fourth-order valence-electron chi connectivity index (χ4n) is 4.73. The van der Waals surface area contributed by atoms with Crippen molar-refractivity contribution in [2.45, 2.75) is 39.9 Å².